The molecule has 1 saturated heterocycles. The number of nitrogens with zero attached hydrogens (tertiary/aromatic N) is 4. The van der Waals surface area contributed by atoms with E-state index in [0.717, 1.165) is 22.3 Å². The van der Waals surface area contributed by atoms with E-state index in [9.17, 15) is 10.2 Å². The van der Waals surface area contributed by atoms with E-state index in [-0.39, 0.29) is 0 Å². The summed E-state index contributed by atoms with van der Waals surface area (Å²) in [5.41, 5.74) is -1.80. The van der Waals surface area contributed by atoms with Crippen LogP contribution >= 0.6 is 0 Å². The van der Waals surface area contributed by atoms with Crippen molar-refractivity contribution in [2.75, 3.05) is 0 Å². The smallest absolute Gasteiger partial charge is 0.150 e. The Balaban J connectivity index is 1.53. The second-order valence-corrected chi connectivity index (χ2v) is 9.12. The third-order valence-electron chi connectivity index (χ3n) is 7.90. The van der Waals surface area contributed by atoms with Crippen molar-refractivity contribution in [2.45, 2.75) is 33.9 Å². The van der Waals surface area contributed by atoms with Crippen molar-refractivity contribution in [3.05, 3.63) is 31.0 Å². The van der Waals surface area contributed by atoms with Gasteiger partial charge < -0.3 is 19.9 Å². The molecule has 0 radical (unpaired) electrons. The fraction of sp³-hybridized carbons (Fsp3) is 0.400. The van der Waals surface area contributed by atoms with Crippen molar-refractivity contribution < 1.29 is 14.9 Å². The van der Waals surface area contributed by atoms with Gasteiger partial charge in [-0.15, -0.1) is 0 Å². The molecule has 0 bridgehead atoms. The van der Waals surface area contributed by atoms with Gasteiger partial charge in [-0.1, -0.05) is 0 Å². The molecular formula is C15H20B5N5O3. The quantitative estimate of drug-likeness (QED) is 0.313. The minimum Gasteiger partial charge on any atom is -0.398 e. The highest BCUT2D eigenvalue weighted by Gasteiger charge is 2.90. The Hall–Kier alpha value is -1.97. The van der Waals surface area contributed by atoms with E-state index >= 15 is 0 Å². The minimum absolute atomic E-state index is 0.331. The number of aliphatic hydroxyl groups is 2. The first-order valence-electron chi connectivity index (χ1n) is 9.44. The van der Waals surface area contributed by atoms with Crippen LogP contribution in [0.15, 0.2) is 31.0 Å². The SMILES string of the molecule is BC1(B)C(B)(O)C2(B)OC2(Cn2cc(-c3ncnc4[nH]ccc34)cn2)C1(B)O. The molecule has 4 atom stereocenters. The Morgan fingerprint density at radius 3 is 2.54 bits per heavy atom. The molecule has 0 aromatic carbocycles. The highest BCUT2D eigenvalue weighted by atomic mass is 16.7. The number of aromatic amines is 1. The molecule has 0 spiro atoms. The Kier molecular flexibility index (Phi) is 3.20. The van der Waals surface area contributed by atoms with Gasteiger partial charge in [0.1, 0.15) is 56.8 Å². The van der Waals surface area contributed by atoms with Gasteiger partial charge in [-0.25, -0.2) is 9.97 Å². The van der Waals surface area contributed by atoms with Crippen LogP contribution in [0.3, 0.4) is 0 Å². The maximum absolute atomic E-state index is 11.4. The van der Waals surface area contributed by atoms with Gasteiger partial charge in [0, 0.05) is 28.8 Å². The molecule has 3 aromatic rings. The molecule has 4 heterocycles. The summed E-state index contributed by atoms with van der Waals surface area (Å²) in [6.45, 7) is 0.331. The Morgan fingerprint density at radius 2 is 1.86 bits per heavy atom. The number of hydrogen-bond donors (Lipinski definition) is 3. The standard InChI is InChI=1S/C15H20B5N5O3/c16-12(17)13(18,26)11(15(20,28-11)14(12,19)27)5-25-4-7(3-24-25)9-8-1-2-21-10(8)23-6-22-9/h1-4,6,26-27H,5,16-20H2,(H,21,22,23). The summed E-state index contributed by atoms with van der Waals surface area (Å²) in [7, 11) is 9.13. The van der Waals surface area contributed by atoms with E-state index in [2.05, 4.69) is 20.1 Å². The molecular weight excluding hydrogens is 352 g/mol. The van der Waals surface area contributed by atoms with E-state index in [1.807, 2.05) is 42.0 Å². The number of ether oxygens (including phenoxy) is 1. The summed E-state index contributed by atoms with van der Waals surface area (Å²) in [6, 6.07) is 1.93. The zero-order valence-electron chi connectivity index (χ0n) is 16.7. The minimum atomic E-state index is -1.24. The largest absolute Gasteiger partial charge is 0.398 e. The van der Waals surface area contributed by atoms with Crippen LogP contribution < -0.4 is 0 Å². The van der Waals surface area contributed by atoms with E-state index in [1.165, 1.54) is 6.33 Å². The molecule has 2 aliphatic rings. The second-order valence-electron chi connectivity index (χ2n) is 9.12. The number of nitrogens with one attached hydrogen (secondary N) is 1. The summed E-state index contributed by atoms with van der Waals surface area (Å²) < 4.78 is 7.84. The molecule has 3 N–H and O–H groups in total. The molecule has 1 saturated carbocycles. The lowest BCUT2D eigenvalue weighted by atomic mass is 9.33. The number of hydrogen-bond acceptors (Lipinski definition) is 6. The lowest BCUT2D eigenvalue weighted by Crippen LogP contribution is -2.60. The van der Waals surface area contributed by atoms with Crippen LogP contribution in [-0.2, 0) is 11.3 Å². The van der Waals surface area contributed by atoms with Gasteiger partial charge in [0.05, 0.1) is 29.4 Å². The first kappa shape index (κ1) is 18.1. The van der Waals surface area contributed by atoms with Crippen molar-refractivity contribution in [3.8, 4) is 11.3 Å². The highest BCUT2D eigenvalue weighted by molar-refractivity contribution is 6.52. The summed E-state index contributed by atoms with van der Waals surface area (Å²) in [5, 5.41) is 27.3. The van der Waals surface area contributed by atoms with Crippen LogP contribution in [0.1, 0.15) is 0 Å². The predicted molar refractivity (Wildman–Crippen MR) is 117 cm³/mol. The molecule has 138 valence electrons. The van der Waals surface area contributed by atoms with Crippen molar-refractivity contribution in [1.29, 1.82) is 0 Å². The number of epoxide rings is 1. The summed E-state index contributed by atoms with van der Waals surface area (Å²) >= 11 is 0. The van der Waals surface area contributed by atoms with Crippen LogP contribution in [0, 0.1) is 0 Å². The molecule has 1 aliphatic heterocycles. The third kappa shape index (κ3) is 1.76. The van der Waals surface area contributed by atoms with Gasteiger partial charge in [-0.2, -0.15) is 5.10 Å². The predicted octanol–water partition coefficient (Wildman–Crippen LogP) is -5.04. The van der Waals surface area contributed by atoms with E-state index in [0.29, 0.717) is 6.54 Å². The normalized spacial score (nSPS) is 38.5. The lowest BCUT2D eigenvalue weighted by molar-refractivity contribution is -0.0436. The average molecular weight is 372 g/mol. The molecule has 4 unspecified atom stereocenters. The molecule has 0 amide bonds. The van der Waals surface area contributed by atoms with Gasteiger partial charge in [0.15, 0.2) is 0 Å². The fourth-order valence-electron chi connectivity index (χ4n) is 5.19. The van der Waals surface area contributed by atoms with Gasteiger partial charge in [0.2, 0.25) is 0 Å². The maximum Gasteiger partial charge on any atom is 0.150 e. The third-order valence-corrected chi connectivity index (χ3v) is 7.90. The summed E-state index contributed by atoms with van der Waals surface area (Å²) in [5.74, 6) is 0. The zero-order chi connectivity index (χ0) is 20.2. The molecule has 1 aliphatic carbocycles. The number of aromatic nitrogens is 5. The van der Waals surface area contributed by atoms with Crippen LogP contribution in [0.4, 0.5) is 0 Å². The zero-order valence-corrected chi connectivity index (χ0v) is 16.7. The van der Waals surface area contributed by atoms with Crippen molar-refractivity contribution in [1.82, 2.24) is 24.7 Å². The van der Waals surface area contributed by atoms with Crippen molar-refractivity contribution in [2.24, 2.45) is 0 Å². The number of rotatable bonds is 3. The average Bonchev–Trinajstić information content (AvgIpc) is 3.00. The summed E-state index contributed by atoms with van der Waals surface area (Å²) in [6.07, 6.45) is 6.99. The topological polar surface area (TPSA) is 112 Å². The number of fused-ring (bicyclic) bond motifs is 2. The highest BCUT2D eigenvalue weighted by Crippen LogP contribution is 2.73. The van der Waals surface area contributed by atoms with Gasteiger partial charge in [-0.3, -0.25) is 4.68 Å². The first-order valence-corrected chi connectivity index (χ1v) is 9.44. The van der Waals surface area contributed by atoms with Crippen molar-refractivity contribution >= 4 is 50.3 Å². The van der Waals surface area contributed by atoms with Crippen LogP contribution in [0.25, 0.3) is 22.3 Å². The van der Waals surface area contributed by atoms with Gasteiger partial charge >= 0.3 is 0 Å². The fourth-order valence-corrected chi connectivity index (χ4v) is 5.19. The Morgan fingerprint density at radius 1 is 1.11 bits per heavy atom. The Bertz CT molecular complexity index is 1110. The van der Waals surface area contributed by atoms with Crippen LogP contribution in [0.5, 0.6) is 0 Å². The summed E-state index contributed by atoms with van der Waals surface area (Å²) in [4.78, 5) is 11.7. The molecule has 8 nitrogen and oxygen atoms in total. The molecule has 13 heteroatoms. The molecule has 2 fully saturated rings. The van der Waals surface area contributed by atoms with E-state index in [1.54, 1.807) is 26.6 Å². The van der Waals surface area contributed by atoms with E-state index < -0.39 is 27.3 Å². The maximum atomic E-state index is 11.4. The monoisotopic (exact) mass is 373 g/mol. The lowest BCUT2D eigenvalue weighted by Gasteiger charge is -2.47. The molecule has 28 heavy (non-hydrogen) atoms. The Labute approximate surface area is 166 Å². The number of H-pyrrole nitrogens is 1. The van der Waals surface area contributed by atoms with Gasteiger partial charge in [-0.05, 0) is 11.3 Å². The van der Waals surface area contributed by atoms with Crippen LogP contribution in [0.2, 0.25) is 5.21 Å². The van der Waals surface area contributed by atoms with Gasteiger partial charge in [0.25, 0.3) is 0 Å². The second kappa shape index (κ2) is 4.95. The first-order chi connectivity index (χ1) is 13.0. The van der Waals surface area contributed by atoms with Crippen LogP contribution in [-0.4, -0.2) is 96.3 Å². The molecule has 5 rings (SSSR count). The molecule has 3 aromatic heterocycles. The van der Waals surface area contributed by atoms with E-state index in [4.69, 9.17) is 4.74 Å². The van der Waals surface area contributed by atoms with Crippen molar-refractivity contribution in [3.63, 3.8) is 0 Å².